The van der Waals surface area contributed by atoms with Crippen LogP contribution in [0.15, 0.2) is 72.9 Å². The summed E-state index contributed by atoms with van der Waals surface area (Å²) < 4.78 is 50.0. The second kappa shape index (κ2) is 8.87. The van der Waals surface area contributed by atoms with Gasteiger partial charge in [-0.15, -0.1) is 0 Å². The number of alkyl halides is 3. The van der Waals surface area contributed by atoms with E-state index in [1.165, 1.54) is 12.1 Å². The van der Waals surface area contributed by atoms with Crippen LogP contribution in [-0.2, 0) is 6.18 Å². The van der Waals surface area contributed by atoms with Gasteiger partial charge in [0.05, 0.1) is 43.4 Å². The van der Waals surface area contributed by atoms with Crippen LogP contribution in [0.5, 0.6) is 11.5 Å². The van der Waals surface area contributed by atoms with Gasteiger partial charge in [0, 0.05) is 17.2 Å². The highest BCUT2D eigenvalue weighted by molar-refractivity contribution is 5.96. The van der Waals surface area contributed by atoms with E-state index >= 15 is 0 Å². The van der Waals surface area contributed by atoms with Crippen molar-refractivity contribution in [2.75, 3.05) is 19.5 Å². The number of nitrogens with zero attached hydrogens (tertiary/aromatic N) is 1. The number of benzene rings is 3. The maximum absolute atomic E-state index is 13.1. The number of hydrogen-bond donors (Lipinski definition) is 2. The molecule has 0 spiro atoms. The highest BCUT2D eigenvalue weighted by Crippen LogP contribution is 2.46. The van der Waals surface area contributed by atoms with Crippen LogP contribution in [0.2, 0.25) is 0 Å². The van der Waals surface area contributed by atoms with Gasteiger partial charge in [0.15, 0.2) is 0 Å². The predicted octanol–water partition coefficient (Wildman–Crippen LogP) is 6.82. The molecule has 0 amide bonds. The predicted molar refractivity (Wildman–Crippen MR) is 129 cm³/mol. The molecule has 5 nitrogen and oxygen atoms in total. The molecule has 178 valence electrons. The summed E-state index contributed by atoms with van der Waals surface area (Å²) in [5.41, 5.74) is 5.20. The van der Waals surface area contributed by atoms with Gasteiger partial charge in [-0.05, 0) is 47.0 Å². The number of aromatic nitrogens is 2. The van der Waals surface area contributed by atoms with Gasteiger partial charge in [0.25, 0.3) is 0 Å². The van der Waals surface area contributed by atoms with Crippen molar-refractivity contribution in [1.82, 2.24) is 10.2 Å². The first-order chi connectivity index (χ1) is 16.9. The zero-order valence-electron chi connectivity index (χ0n) is 19.0. The second-order valence-corrected chi connectivity index (χ2v) is 8.11. The molecule has 8 heteroatoms. The molecule has 1 heterocycles. The summed E-state index contributed by atoms with van der Waals surface area (Å²) in [6.45, 7) is 0. The summed E-state index contributed by atoms with van der Waals surface area (Å²) in [7, 11) is 3.19. The highest BCUT2D eigenvalue weighted by Gasteiger charge is 2.31. The Balaban J connectivity index is 1.55. The largest absolute Gasteiger partial charge is 0.497 e. The molecule has 1 unspecified atom stereocenters. The van der Waals surface area contributed by atoms with E-state index in [1.54, 1.807) is 26.5 Å². The first-order valence-electron chi connectivity index (χ1n) is 10.9. The average molecular weight is 477 g/mol. The van der Waals surface area contributed by atoms with Gasteiger partial charge in [0.2, 0.25) is 0 Å². The lowest BCUT2D eigenvalue weighted by molar-refractivity contribution is -0.137. The number of H-pyrrole nitrogens is 1. The van der Waals surface area contributed by atoms with Gasteiger partial charge < -0.3 is 14.8 Å². The summed E-state index contributed by atoms with van der Waals surface area (Å²) in [4.78, 5) is 0. The van der Waals surface area contributed by atoms with Gasteiger partial charge in [-0.3, -0.25) is 5.10 Å². The fourth-order valence-electron chi connectivity index (χ4n) is 4.34. The Labute approximate surface area is 200 Å². The van der Waals surface area contributed by atoms with E-state index in [1.807, 2.05) is 36.4 Å². The van der Waals surface area contributed by atoms with Gasteiger partial charge >= 0.3 is 6.18 Å². The minimum Gasteiger partial charge on any atom is -0.497 e. The maximum atomic E-state index is 13.1. The number of halogens is 3. The molecule has 1 aromatic heterocycles. The number of hydrogen-bond acceptors (Lipinski definition) is 4. The fraction of sp³-hybridized carbons (Fsp3) is 0.148. The quantitative estimate of drug-likeness (QED) is 0.320. The lowest BCUT2D eigenvalue weighted by Crippen LogP contribution is -2.11. The number of methoxy groups -OCH3 is 2. The monoisotopic (exact) mass is 477 g/mol. The second-order valence-electron chi connectivity index (χ2n) is 8.11. The Bertz CT molecular complexity index is 1390. The van der Waals surface area contributed by atoms with E-state index in [4.69, 9.17) is 9.47 Å². The molecule has 5 rings (SSSR count). The first kappa shape index (κ1) is 22.6. The number of nitrogens with one attached hydrogen (secondary N) is 2. The highest BCUT2D eigenvalue weighted by atomic mass is 19.4. The SMILES string of the molecule is COc1ccc(NC2C(c3cn[nH]c3-c3ccc(C(F)(F)F)cc3)=Cc3ccccc32)c(OC)c1. The Hall–Kier alpha value is -4.20. The van der Waals surface area contributed by atoms with Crippen molar-refractivity contribution in [2.24, 2.45) is 0 Å². The summed E-state index contributed by atoms with van der Waals surface area (Å²) in [6, 6.07) is 18.4. The van der Waals surface area contributed by atoms with Gasteiger partial charge in [-0.2, -0.15) is 18.3 Å². The number of rotatable bonds is 6. The van der Waals surface area contributed by atoms with E-state index in [9.17, 15) is 13.2 Å². The van der Waals surface area contributed by atoms with Crippen LogP contribution in [0.1, 0.15) is 28.3 Å². The van der Waals surface area contributed by atoms with Crippen LogP contribution < -0.4 is 14.8 Å². The number of fused-ring (bicyclic) bond motifs is 1. The molecule has 0 fully saturated rings. The van der Waals surface area contributed by atoms with E-state index in [0.717, 1.165) is 40.1 Å². The Morgan fingerprint density at radius 2 is 1.71 bits per heavy atom. The zero-order valence-corrected chi connectivity index (χ0v) is 19.0. The number of aromatic amines is 1. The average Bonchev–Trinajstić information content (AvgIpc) is 3.49. The zero-order chi connectivity index (χ0) is 24.6. The van der Waals surface area contributed by atoms with Crippen molar-refractivity contribution in [3.63, 3.8) is 0 Å². The van der Waals surface area contributed by atoms with E-state index in [0.29, 0.717) is 22.8 Å². The van der Waals surface area contributed by atoms with Crippen molar-refractivity contribution in [1.29, 1.82) is 0 Å². The van der Waals surface area contributed by atoms with Crippen LogP contribution in [0.3, 0.4) is 0 Å². The van der Waals surface area contributed by atoms with Crippen molar-refractivity contribution >= 4 is 17.3 Å². The molecule has 0 bridgehead atoms. The molecular weight excluding hydrogens is 455 g/mol. The third-order valence-electron chi connectivity index (χ3n) is 6.09. The molecule has 4 aromatic rings. The van der Waals surface area contributed by atoms with Crippen LogP contribution >= 0.6 is 0 Å². The standard InChI is InChI=1S/C27H22F3N3O2/c1-34-19-11-12-23(24(14-19)35-2)32-26-20-6-4-3-5-17(20)13-21(26)22-15-31-33-25(22)16-7-9-18(10-8-16)27(28,29)30/h3-15,26,32H,1-2H3,(H,31,33). The van der Waals surface area contributed by atoms with Gasteiger partial charge in [-0.1, -0.05) is 36.4 Å². The number of anilines is 1. The fourth-order valence-corrected chi connectivity index (χ4v) is 4.34. The molecule has 35 heavy (non-hydrogen) atoms. The Morgan fingerprint density at radius 3 is 2.43 bits per heavy atom. The summed E-state index contributed by atoms with van der Waals surface area (Å²) in [5, 5.41) is 10.8. The molecule has 3 aromatic carbocycles. The molecule has 1 aliphatic carbocycles. The smallest absolute Gasteiger partial charge is 0.416 e. The van der Waals surface area contributed by atoms with Gasteiger partial charge in [-0.25, -0.2) is 0 Å². The minimum atomic E-state index is -4.39. The molecule has 0 saturated carbocycles. The molecule has 1 aliphatic rings. The van der Waals surface area contributed by atoms with E-state index in [2.05, 4.69) is 21.6 Å². The molecule has 0 radical (unpaired) electrons. The summed E-state index contributed by atoms with van der Waals surface area (Å²) in [6.07, 6.45) is -0.622. The minimum absolute atomic E-state index is 0.237. The topological polar surface area (TPSA) is 59.2 Å². The third-order valence-corrected chi connectivity index (χ3v) is 6.09. The van der Waals surface area contributed by atoms with Crippen molar-refractivity contribution in [2.45, 2.75) is 12.2 Å². The molecule has 2 N–H and O–H groups in total. The first-order valence-corrected chi connectivity index (χ1v) is 10.9. The van der Waals surface area contributed by atoms with Crippen molar-refractivity contribution in [3.8, 4) is 22.8 Å². The van der Waals surface area contributed by atoms with Crippen LogP contribution in [0.4, 0.5) is 18.9 Å². The van der Waals surface area contributed by atoms with Crippen molar-refractivity contribution < 1.29 is 22.6 Å². The van der Waals surface area contributed by atoms with E-state index in [-0.39, 0.29) is 6.04 Å². The number of ether oxygens (including phenoxy) is 2. The third kappa shape index (κ3) is 4.23. The van der Waals surface area contributed by atoms with Crippen LogP contribution in [0.25, 0.3) is 22.9 Å². The van der Waals surface area contributed by atoms with Crippen LogP contribution in [-0.4, -0.2) is 24.4 Å². The maximum Gasteiger partial charge on any atom is 0.416 e. The van der Waals surface area contributed by atoms with Crippen LogP contribution in [0, 0.1) is 0 Å². The Kier molecular flexibility index (Phi) is 5.72. The van der Waals surface area contributed by atoms with E-state index < -0.39 is 11.7 Å². The molecule has 0 aliphatic heterocycles. The molecular formula is C27H22F3N3O2. The normalized spacial score (nSPS) is 14.9. The van der Waals surface area contributed by atoms with Crippen molar-refractivity contribution in [3.05, 3.63) is 95.2 Å². The lowest BCUT2D eigenvalue weighted by atomic mass is 9.95. The summed E-state index contributed by atoms with van der Waals surface area (Å²) >= 11 is 0. The molecule has 0 saturated heterocycles. The molecule has 1 atom stereocenters. The summed E-state index contributed by atoms with van der Waals surface area (Å²) in [5.74, 6) is 1.30. The Morgan fingerprint density at radius 1 is 0.943 bits per heavy atom. The van der Waals surface area contributed by atoms with Gasteiger partial charge in [0.1, 0.15) is 11.5 Å². The lowest BCUT2D eigenvalue weighted by Gasteiger charge is -2.22.